The molecule has 1 aromatic heterocycles. The highest BCUT2D eigenvalue weighted by atomic mass is 16.1. The Hall–Kier alpha value is -2.30. The molecular formula is C16H22N4O. The third-order valence-electron chi connectivity index (χ3n) is 3.23. The molecule has 0 fully saturated rings. The number of aromatic nitrogens is 1. The van der Waals surface area contributed by atoms with Crippen LogP contribution < -0.4 is 16.4 Å². The summed E-state index contributed by atoms with van der Waals surface area (Å²) in [5.74, 6) is 0.531. The molecule has 112 valence electrons. The number of nitrogens with zero attached hydrogens (tertiary/aromatic N) is 1. The summed E-state index contributed by atoms with van der Waals surface area (Å²) < 4.78 is 0. The van der Waals surface area contributed by atoms with Gasteiger partial charge in [-0.3, -0.25) is 9.78 Å². The standard InChI is InChI=1S/C16H22N4O/c1-11(2)9-20-16(21)6-8-19-15-4-3-14(17)12-5-7-18-10-13(12)15/h3-5,7,10-11,19H,6,8-9,17H2,1-2H3,(H,20,21). The zero-order valence-corrected chi connectivity index (χ0v) is 12.5. The Morgan fingerprint density at radius 3 is 2.86 bits per heavy atom. The second kappa shape index (κ2) is 6.92. The van der Waals surface area contributed by atoms with Gasteiger partial charge < -0.3 is 16.4 Å². The van der Waals surface area contributed by atoms with Crippen molar-refractivity contribution in [3.63, 3.8) is 0 Å². The van der Waals surface area contributed by atoms with Gasteiger partial charge in [0.2, 0.25) is 5.91 Å². The number of fused-ring (bicyclic) bond motifs is 1. The molecule has 21 heavy (non-hydrogen) atoms. The Balaban J connectivity index is 1.95. The van der Waals surface area contributed by atoms with E-state index in [1.54, 1.807) is 12.4 Å². The lowest BCUT2D eigenvalue weighted by Gasteiger charge is -2.11. The zero-order chi connectivity index (χ0) is 15.2. The molecule has 2 aromatic rings. The minimum absolute atomic E-state index is 0.0640. The van der Waals surface area contributed by atoms with Crippen LogP contribution in [-0.4, -0.2) is 24.0 Å². The van der Waals surface area contributed by atoms with Crippen molar-refractivity contribution in [2.75, 3.05) is 24.1 Å². The minimum Gasteiger partial charge on any atom is -0.398 e. The van der Waals surface area contributed by atoms with Crippen LogP contribution in [0.1, 0.15) is 20.3 Å². The second-order valence-electron chi connectivity index (χ2n) is 5.50. The third kappa shape index (κ3) is 4.08. The van der Waals surface area contributed by atoms with Crippen LogP contribution in [0.25, 0.3) is 10.8 Å². The van der Waals surface area contributed by atoms with Gasteiger partial charge in [-0.1, -0.05) is 13.8 Å². The molecule has 1 heterocycles. The SMILES string of the molecule is CC(C)CNC(=O)CCNc1ccc(N)c2ccncc12. The van der Waals surface area contributed by atoms with Gasteiger partial charge in [0, 0.05) is 54.1 Å². The van der Waals surface area contributed by atoms with Crippen LogP contribution in [0.5, 0.6) is 0 Å². The number of benzene rings is 1. The first-order valence-electron chi connectivity index (χ1n) is 7.20. The van der Waals surface area contributed by atoms with E-state index in [2.05, 4.69) is 29.5 Å². The maximum atomic E-state index is 11.7. The predicted molar refractivity (Wildman–Crippen MR) is 87.1 cm³/mol. The molecule has 0 saturated heterocycles. The summed E-state index contributed by atoms with van der Waals surface area (Å²) >= 11 is 0. The van der Waals surface area contributed by atoms with Gasteiger partial charge in [0.25, 0.3) is 0 Å². The van der Waals surface area contributed by atoms with Crippen molar-refractivity contribution in [1.29, 1.82) is 0 Å². The van der Waals surface area contributed by atoms with E-state index in [0.29, 0.717) is 25.4 Å². The predicted octanol–water partition coefficient (Wildman–Crippen LogP) is 2.39. The van der Waals surface area contributed by atoms with E-state index in [0.717, 1.165) is 22.1 Å². The number of nitrogen functional groups attached to an aromatic ring is 1. The molecule has 0 radical (unpaired) electrons. The van der Waals surface area contributed by atoms with E-state index in [9.17, 15) is 4.79 Å². The highest BCUT2D eigenvalue weighted by molar-refractivity contribution is 6.00. The third-order valence-corrected chi connectivity index (χ3v) is 3.23. The molecule has 5 nitrogen and oxygen atoms in total. The molecule has 0 spiro atoms. The molecule has 0 aliphatic rings. The van der Waals surface area contributed by atoms with Crippen LogP contribution in [0.15, 0.2) is 30.6 Å². The number of rotatable bonds is 6. The summed E-state index contributed by atoms with van der Waals surface area (Å²) in [6.07, 6.45) is 3.95. The van der Waals surface area contributed by atoms with Crippen LogP contribution in [0, 0.1) is 5.92 Å². The molecule has 5 heteroatoms. The van der Waals surface area contributed by atoms with E-state index in [-0.39, 0.29) is 5.91 Å². The van der Waals surface area contributed by atoms with E-state index >= 15 is 0 Å². The van der Waals surface area contributed by atoms with Gasteiger partial charge in [0.05, 0.1) is 0 Å². The minimum atomic E-state index is 0.0640. The molecular weight excluding hydrogens is 264 g/mol. The lowest BCUT2D eigenvalue weighted by Crippen LogP contribution is -2.28. The second-order valence-corrected chi connectivity index (χ2v) is 5.50. The van der Waals surface area contributed by atoms with Crippen molar-refractivity contribution in [2.24, 2.45) is 5.92 Å². The van der Waals surface area contributed by atoms with Gasteiger partial charge in [-0.15, -0.1) is 0 Å². The summed E-state index contributed by atoms with van der Waals surface area (Å²) in [7, 11) is 0. The summed E-state index contributed by atoms with van der Waals surface area (Å²) in [5, 5.41) is 8.12. The first kappa shape index (κ1) is 15.1. The fourth-order valence-corrected chi connectivity index (χ4v) is 2.08. The number of anilines is 2. The Morgan fingerprint density at radius 1 is 1.29 bits per heavy atom. The monoisotopic (exact) mass is 286 g/mol. The van der Waals surface area contributed by atoms with Crippen LogP contribution in [0.3, 0.4) is 0 Å². The lowest BCUT2D eigenvalue weighted by atomic mass is 10.1. The highest BCUT2D eigenvalue weighted by Crippen LogP contribution is 2.27. The molecule has 0 saturated carbocycles. The van der Waals surface area contributed by atoms with E-state index in [1.807, 2.05) is 18.2 Å². The molecule has 2 rings (SSSR count). The quantitative estimate of drug-likeness (QED) is 0.712. The molecule has 1 aromatic carbocycles. The van der Waals surface area contributed by atoms with Gasteiger partial charge in [0.15, 0.2) is 0 Å². The number of carbonyl (C=O) groups is 1. The number of pyridine rings is 1. The average Bonchev–Trinajstić information content (AvgIpc) is 2.48. The van der Waals surface area contributed by atoms with Crippen molar-refractivity contribution in [2.45, 2.75) is 20.3 Å². The van der Waals surface area contributed by atoms with Crippen molar-refractivity contribution in [1.82, 2.24) is 10.3 Å². The average molecular weight is 286 g/mol. The molecule has 0 aliphatic heterocycles. The number of hydrogen-bond acceptors (Lipinski definition) is 4. The number of hydrogen-bond donors (Lipinski definition) is 3. The normalized spacial score (nSPS) is 10.8. The number of nitrogens with one attached hydrogen (secondary N) is 2. The molecule has 4 N–H and O–H groups in total. The molecule has 1 amide bonds. The number of nitrogens with two attached hydrogens (primary N) is 1. The van der Waals surface area contributed by atoms with Gasteiger partial charge in [0.1, 0.15) is 0 Å². The van der Waals surface area contributed by atoms with Crippen LogP contribution in [-0.2, 0) is 4.79 Å². The topological polar surface area (TPSA) is 80.0 Å². The van der Waals surface area contributed by atoms with Gasteiger partial charge in [-0.25, -0.2) is 0 Å². The zero-order valence-electron chi connectivity index (χ0n) is 12.5. The van der Waals surface area contributed by atoms with Gasteiger partial charge >= 0.3 is 0 Å². The first-order chi connectivity index (χ1) is 10.1. The largest absolute Gasteiger partial charge is 0.398 e. The summed E-state index contributed by atoms with van der Waals surface area (Å²) in [5.41, 5.74) is 7.63. The fraction of sp³-hybridized carbons (Fsp3) is 0.375. The Kier molecular flexibility index (Phi) is 4.98. The van der Waals surface area contributed by atoms with Crippen molar-refractivity contribution < 1.29 is 4.79 Å². The lowest BCUT2D eigenvalue weighted by molar-refractivity contribution is -0.120. The molecule has 0 aliphatic carbocycles. The summed E-state index contributed by atoms with van der Waals surface area (Å²) in [6.45, 7) is 5.45. The highest BCUT2D eigenvalue weighted by Gasteiger charge is 2.05. The summed E-state index contributed by atoms with van der Waals surface area (Å²) in [4.78, 5) is 15.8. The smallest absolute Gasteiger partial charge is 0.221 e. The number of amides is 1. The Morgan fingerprint density at radius 2 is 2.10 bits per heavy atom. The van der Waals surface area contributed by atoms with E-state index < -0.39 is 0 Å². The summed E-state index contributed by atoms with van der Waals surface area (Å²) in [6, 6.07) is 5.68. The van der Waals surface area contributed by atoms with Gasteiger partial charge in [-0.05, 0) is 24.1 Å². The molecule has 0 atom stereocenters. The van der Waals surface area contributed by atoms with Crippen molar-refractivity contribution in [3.8, 4) is 0 Å². The van der Waals surface area contributed by atoms with Crippen LogP contribution in [0.2, 0.25) is 0 Å². The van der Waals surface area contributed by atoms with Gasteiger partial charge in [-0.2, -0.15) is 0 Å². The fourth-order valence-electron chi connectivity index (χ4n) is 2.08. The van der Waals surface area contributed by atoms with Crippen molar-refractivity contribution >= 4 is 28.1 Å². The van der Waals surface area contributed by atoms with E-state index in [1.165, 1.54) is 0 Å². The maximum Gasteiger partial charge on any atom is 0.221 e. The van der Waals surface area contributed by atoms with Crippen LogP contribution >= 0.6 is 0 Å². The molecule has 0 bridgehead atoms. The maximum absolute atomic E-state index is 11.7. The Bertz CT molecular complexity index is 625. The van der Waals surface area contributed by atoms with Crippen LogP contribution in [0.4, 0.5) is 11.4 Å². The molecule has 0 unspecified atom stereocenters. The first-order valence-corrected chi connectivity index (χ1v) is 7.20. The van der Waals surface area contributed by atoms with Crippen molar-refractivity contribution in [3.05, 3.63) is 30.6 Å². The number of carbonyl (C=O) groups excluding carboxylic acids is 1. The Labute approximate surface area is 124 Å². The van der Waals surface area contributed by atoms with E-state index in [4.69, 9.17) is 5.73 Å².